The van der Waals surface area contributed by atoms with Crippen molar-refractivity contribution in [1.82, 2.24) is 9.21 Å². The molecule has 1 fully saturated rings. The SMILES string of the molecule is CCCN1CCN(S(=O)(=O)c2c(Br)cc(N)cc2Br)CC1. The van der Waals surface area contributed by atoms with Crippen molar-refractivity contribution in [3.05, 3.63) is 21.1 Å². The van der Waals surface area contributed by atoms with Crippen LogP contribution in [-0.2, 0) is 10.0 Å². The average Bonchev–Trinajstić information content (AvgIpc) is 2.38. The molecule has 0 saturated carbocycles. The first-order chi connectivity index (χ1) is 9.86. The third-order valence-electron chi connectivity index (χ3n) is 3.49. The van der Waals surface area contributed by atoms with E-state index in [1.54, 1.807) is 16.4 Å². The molecule has 1 saturated heterocycles. The van der Waals surface area contributed by atoms with E-state index in [0.29, 0.717) is 27.7 Å². The van der Waals surface area contributed by atoms with Crippen LogP contribution in [0, 0.1) is 0 Å². The van der Waals surface area contributed by atoms with Crippen molar-refractivity contribution in [3.63, 3.8) is 0 Å². The van der Waals surface area contributed by atoms with Gasteiger partial charge in [0.15, 0.2) is 0 Å². The molecule has 0 amide bonds. The number of hydrogen-bond acceptors (Lipinski definition) is 4. The smallest absolute Gasteiger partial charge is 0.245 e. The van der Waals surface area contributed by atoms with E-state index in [0.717, 1.165) is 26.1 Å². The summed E-state index contributed by atoms with van der Waals surface area (Å²) in [4.78, 5) is 2.54. The highest BCUT2D eigenvalue weighted by Gasteiger charge is 2.31. The van der Waals surface area contributed by atoms with Crippen LogP contribution in [0.15, 0.2) is 26.0 Å². The predicted molar refractivity (Wildman–Crippen MR) is 91.7 cm³/mol. The van der Waals surface area contributed by atoms with Crippen LogP contribution in [0.3, 0.4) is 0 Å². The molecule has 1 aliphatic heterocycles. The van der Waals surface area contributed by atoms with Gasteiger partial charge in [-0.3, -0.25) is 0 Å². The minimum Gasteiger partial charge on any atom is -0.399 e. The number of nitrogen functional groups attached to an aromatic ring is 1. The van der Waals surface area contributed by atoms with Crippen molar-refractivity contribution in [2.45, 2.75) is 18.2 Å². The summed E-state index contributed by atoms with van der Waals surface area (Å²) in [6.07, 6.45) is 1.09. The fourth-order valence-corrected chi connectivity index (χ4v) is 6.43. The van der Waals surface area contributed by atoms with Crippen molar-refractivity contribution >= 4 is 47.6 Å². The number of piperazine rings is 1. The maximum absolute atomic E-state index is 12.8. The Morgan fingerprint density at radius 1 is 1.14 bits per heavy atom. The number of nitrogens with two attached hydrogens (primary N) is 1. The van der Waals surface area contributed by atoms with Gasteiger partial charge in [0.05, 0.1) is 0 Å². The number of anilines is 1. The second-order valence-corrected chi connectivity index (χ2v) is 8.64. The molecule has 2 rings (SSSR count). The molecule has 21 heavy (non-hydrogen) atoms. The van der Waals surface area contributed by atoms with E-state index in [-0.39, 0.29) is 4.90 Å². The van der Waals surface area contributed by atoms with Crippen molar-refractivity contribution < 1.29 is 8.42 Å². The van der Waals surface area contributed by atoms with Crippen LogP contribution in [0.4, 0.5) is 5.69 Å². The van der Waals surface area contributed by atoms with E-state index in [2.05, 4.69) is 43.7 Å². The van der Waals surface area contributed by atoms with Gasteiger partial charge >= 0.3 is 0 Å². The Balaban J connectivity index is 2.24. The first kappa shape index (κ1) is 17.2. The molecular weight excluding hydrogens is 422 g/mol. The van der Waals surface area contributed by atoms with E-state index < -0.39 is 10.0 Å². The van der Waals surface area contributed by atoms with Crippen LogP contribution in [-0.4, -0.2) is 50.3 Å². The lowest BCUT2D eigenvalue weighted by Gasteiger charge is -2.34. The van der Waals surface area contributed by atoms with Crippen molar-refractivity contribution in [3.8, 4) is 0 Å². The van der Waals surface area contributed by atoms with Crippen LogP contribution in [0.25, 0.3) is 0 Å². The van der Waals surface area contributed by atoms with E-state index in [9.17, 15) is 8.42 Å². The summed E-state index contributed by atoms with van der Waals surface area (Å²) in [6, 6.07) is 3.23. The van der Waals surface area contributed by atoms with Crippen LogP contribution in [0.5, 0.6) is 0 Å². The molecule has 2 N–H and O–H groups in total. The number of rotatable bonds is 4. The van der Waals surface area contributed by atoms with Gasteiger partial charge in [-0.15, -0.1) is 0 Å². The van der Waals surface area contributed by atoms with E-state index in [4.69, 9.17) is 5.73 Å². The molecule has 0 bridgehead atoms. The number of nitrogens with zero attached hydrogens (tertiary/aromatic N) is 2. The third kappa shape index (κ3) is 3.79. The highest BCUT2D eigenvalue weighted by molar-refractivity contribution is 9.11. The van der Waals surface area contributed by atoms with Gasteiger partial charge < -0.3 is 10.6 Å². The second kappa shape index (κ2) is 6.95. The molecule has 1 aromatic rings. The van der Waals surface area contributed by atoms with Crippen molar-refractivity contribution in [2.75, 3.05) is 38.5 Å². The Kier molecular flexibility index (Phi) is 5.70. The normalized spacial score (nSPS) is 18.0. The fourth-order valence-electron chi connectivity index (χ4n) is 2.46. The van der Waals surface area contributed by atoms with Crippen molar-refractivity contribution in [1.29, 1.82) is 0 Å². The first-order valence-electron chi connectivity index (χ1n) is 6.83. The van der Waals surface area contributed by atoms with Gasteiger partial charge in [-0.2, -0.15) is 4.31 Å². The van der Waals surface area contributed by atoms with Gasteiger partial charge in [0.1, 0.15) is 4.90 Å². The zero-order valence-corrected chi connectivity index (χ0v) is 15.8. The largest absolute Gasteiger partial charge is 0.399 e. The third-order valence-corrected chi connectivity index (χ3v) is 7.27. The van der Waals surface area contributed by atoms with Gasteiger partial charge in [0, 0.05) is 40.8 Å². The van der Waals surface area contributed by atoms with Crippen LogP contribution in [0.1, 0.15) is 13.3 Å². The Morgan fingerprint density at radius 2 is 1.67 bits per heavy atom. The zero-order valence-electron chi connectivity index (χ0n) is 11.8. The Labute approximate surface area is 142 Å². The standard InChI is InChI=1S/C13H19Br2N3O2S/c1-2-3-17-4-6-18(7-5-17)21(19,20)13-11(14)8-10(16)9-12(13)15/h8-9H,2-7,16H2,1H3. The predicted octanol–water partition coefficient (Wildman–Crippen LogP) is 2.51. The number of benzene rings is 1. The number of hydrogen-bond donors (Lipinski definition) is 1. The maximum Gasteiger partial charge on any atom is 0.245 e. The summed E-state index contributed by atoms with van der Waals surface area (Å²) < 4.78 is 28.1. The first-order valence-corrected chi connectivity index (χ1v) is 9.86. The fraction of sp³-hybridized carbons (Fsp3) is 0.538. The van der Waals surface area contributed by atoms with Crippen LogP contribution >= 0.6 is 31.9 Å². The molecule has 0 unspecified atom stereocenters. The number of halogens is 2. The molecule has 0 radical (unpaired) electrons. The van der Waals surface area contributed by atoms with Crippen LogP contribution < -0.4 is 5.73 Å². The highest BCUT2D eigenvalue weighted by atomic mass is 79.9. The molecule has 118 valence electrons. The van der Waals surface area contributed by atoms with Gasteiger partial charge in [-0.25, -0.2) is 8.42 Å². The molecule has 0 atom stereocenters. The topological polar surface area (TPSA) is 66.6 Å². The Morgan fingerprint density at radius 3 is 2.14 bits per heavy atom. The second-order valence-electron chi connectivity index (χ2n) is 5.06. The summed E-state index contributed by atoms with van der Waals surface area (Å²) in [5, 5.41) is 0. The summed E-state index contributed by atoms with van der Waals surface area (Å²) in [5.74, 6) is 0. The van der Waals surface area contributed by atoms with E-state index in [1.165, 1.54) is 0 Å². The molecule has 0 aliphatic carbocycles. The van der Waals surface area contributed by atoms with Gasteiger partial charge in [0.25, 0.3) is 0 Å². The highest BCUT2D eigenvalue weighted by Crippen LogP contribution is 2.34. The summed E-state index contributed by atoms with van der Waals surface area (Å²) in [7, 11) is -3.52. The minimum absolute atomic E-state index is 0.251. The van der Waals surface area contributed by atoms with Crippen LogP contribution in [0.2, 0.25) is 0 Å². The molecule has 0 spiro atoms. The number of sulfonamides is 1. The summed E-state index contributed by atoms with van der Waals surface area (Å²) in [6.45, 7) is 5.74. The van der Waals surface area contributed by atoms with Gasteiger partial charge in [0.2, 0.25) is 10.0 Å². The minimum atomic E-state index is -3.52. The lowest BCUT2D eigenvalue weighted by atomic mass is 10.3. The van der Waals surface area contributed by atoms with Crippen molar-refractivity contribution in [2.24, 2.45) is 0 Å². The zero-order chi connectivity index (χ0) is 15.6. The molecule has 8 heteroatoms. The maximum atomic E-state index is 12.8. The summed E-state index contributed by atoms with van der Waals surface area (Å²) >= 11 is 6.62. The van der Waals surface area contributed by atoms with Gasteiger partial charge in [-0.05, 0) is 57.0 Å². The quantitative estimate of drug-likeness (QED) is 0.730. The van der Waals surface area contributed by atoms with Gasteiger partial charge in [-0.1, -0.05) is 6.92 Å². The lowest BCUT2D eigenvalue weighted by Crippen LogP contribution is -2.48. The Hall–Kier alpha value is -0.150. The molecular formula is C13H19Br2N3O2S. The molecule has 1 aromatic carbocycles. The molecule has 1 heterocycles. The van der Waals surface area contributed by atoms with E-state index >= 15 is 0 Å². The summed E-state index contributed by atoms with van der Waals surface area (Å²) in [5.41, 5.74) is 6.24. The lowest BCUT2D eigenvalue weighted by molar-refractivity contribution is 0.188. The molecule has 1 aliphatic rings. The molecule has 0 aromatic heterocycles. The monoisotopic (exact) mass is 439 g/mol. The average molecular weight is 441 g/mol. The Bertz CT molecular complexity index is 591. The van der Waals surface area contributed by atoms with E-state index in [1.807, 2.05) is 0 Å². The molecule has 5 nitrogen and oxygen atoms in total.